The minimum absolute atomic E-state index is 0.145. The van der Waals surface area contributed by atoms with E-state index in [1.165, 1.54) is 6.21 Å². The first-order chi connectivity index (χ1) is 14.3. The molecule has 2 aromatic carbocycles. The fraction of sp³-hybridized carbons (Fsp3) is 0.273. The highest BCUT2D eigenvalue weighted by Crippen LogP contribution is 2.18. The normalized spacial score (nSPS) is 10.7. The Kier molecular flexibility index (Phi) is 8.10. The fourth-order valence-electron chi connectivity index (χ4n) is 2.45. The summed E-state index contributed by atoms with van der Waals surface area (Å²) in [5, 5.41) is 9.06. The van der Waals surface area contributed by atoms with Gasteiger partial charge in [0.1, 0.15) is 5.75 Å². The Labute approximate surface area is 175 Å². The summed E-state index contributed by atoms with van der Waals surface area (Å²) in [5.74, 6) is -1.41. The van der Waals surface area contributed by atoms with Crippen LogP contribution in [0.25, 0.3) is 0 Å². The molecule has 0 aromatic heterocycles. The van der Waals surface area contributed by atoms with Gasteiger partial charge >= 0.3 is 11.8 Å². The Morgan fingerprint density at radius 1 is 1.07 bits per heavy atom. The molecule has 2 rings (SSSR count). The third-order valence-corrected chi connectivity index (χ3v) is 4.11. The fourth-order valence-corrected chi connectivity index (χ4v) is 2.45. The highest BCUT2D eigenvalue weighted by Gasteiger charge is 2.13. The molecule has 0 fully saturated rings. The number of benzene rings is 2. The quantitative estimate of drug-likeness (QED) is 0.370. The predicted octanol–water partition coefficient (Wildman–Crippen LogP) is 2.30. The van der Waals surface area contributed by atoms with Gasteiger partial charge in [0.15, 0.2) is 6.61 Å². The second kappa shape index (κ2) is 10.8. The zero-order valence-corrected chi connectivity index (χ0v) is 17.5. The van der Waals surface area contributed by atoms with E-state index in [1.54, 1.807) is 38.1 Å². The van der Waals surface area contributed by atoms with Crippen molar-refractivity contribution in [2.24, 2.45) is 5.10 Å². The van der Waals surface area contributed by atoms with Gasteiger partial charge in [-0.3, -0.25) is 14.4 Å². The van der Waals surface area contributed by atoms with E-state index in [4.69, 9.17) is 4.74 Å². The summed E-state index contributed by atoms with van der Waals surface area (Å²) in [6.07, 6.45) is 1.38. The van der Waals surface area contributed by atoms with Crippen molar-refractivity contribution in [2.45, 2.75) is 33.7 Å². The van der Waals surface area contributed by atoms with Gasteiger partial charge in [0.25, 0.3) is 5.91 Å². The van der Waals surface area contributed by atoms with E-state index in [-0.39, 0.29) is 18.6 Å². The minimum Gasteiger partial charge on any atom is -0.484 e. The first-order valence-corrected chi connectivity index (χ1v) is 9.49. The number of ether oxygens (including phenoxy) is 1. The molecule has 30 heavy (non-hydrogen) atoms. The Morgan fingerprint density at radius 2 is 1.80 bits per heavy atom. The molecule has 3 N–H and O–H groups in total. The van der Waals surface area contributed by atoms with Crippen molar-refractivity contribution >= 4 is 29.6 Å². The topological polar surface area (TPSA) is 109 Å². The van der Waals surface area contributed by atoms with Gasteiger partial charge in [-0.2, -0.15) is 5.10 Å². The third kappa shape index (κ3) is 7.05. The van der Waals surface area contributed by atoms with Gasteiger partial charge < -0.3 is 15.4 Å². The summed E-state index contributed by atoms with van der Waals surface area (Å²) in [7, 11) is 0. The lowest BCUT2D eigenvalue weighted by Gasteiger charge is -2.11. The SMILES string of the molecule is Cc1cccc(NC(=O)COc2cccc(/C=N\NC(=O)C(=O)NC(C)C)c2)c1C. The van der Waals surface area contributed by atoms with Crippen LogP contribution >= 0.6 is 0 Å². The smallest absolute Gasteiger partial charge is 0.329 e. The molecule has 0 heterocycles. The second-order valence-corrected chi connectivity index (χ2v) is 6.98. The van der Waals surface area contributed by atoms with Crippen molar-refractivity contribution in [1.29, 1.82) is 0 Å². The van der Waals surface area contributed by atoms with Crippen LogP contribution in [0, 0.1) is 13.8 Å². The highest BCUT2D eigenvalue weighted by molar-refractivity contribution is 6.35. The van der Waals surface area contributed by atoms with E-state index in [0.29, 0.717) is 11.3 Å². The number of amides is 3. The number of aryl methyl sites for hydroxylation is 1. The predicted molar refractivity (Wildman–Crippen MR) is 115 cm³/mol. The Bertz CT molecular complexity index is 954. The molecule has 8 heteroatoms. The van der Waals surface area contributed by atoms with Crippen LogP contribution in [0.2, 0.25) is 0 Å². The molecule has 0 aliphatic heterocycles. The number of nitrogens with zero attached hydrogens (tertiary/aromatic N) is 1. The molecule has 3 amide bonds. The summed E-state index contributed by atoms with van der Waals surface area (Å²) in [6.45, 7) is 7.28. The van der Waals surface area contributed by atoms with Gasteiger partial charge in [-0.05, 0) is 62.6 Å². The number of carbonyl (C=O) groups excluding carboxylic acids is 3. The molecule has 8 nitrogen and oxygen atoms in total. The molecule has 0 unspecified atom stereocenters. The summed E-state index contributed by atoms with van der Waals surface area (Å²) >= 11 is 0. The Morgan fingerprint density at radius 3 is 2.53 bits per heavy atom. The maximum atomic E-state index is 12.2. The molecule has 0 atom stereocenters. The molecule has 0 bridgehead atoms. The molecule has 0 saturated heterocycles. The summed E-state index contributed by atoms with van der Waals surface area (Å²) < 4.78 is 5.54. The Balaban J connectivity index is 1.88. The molecule has 0 radical (unpaired) electrons. The molecular formula is C22H26N4O4. The number of carbonyl (C=O) groups is 3. The van der Waals surface area contributed by atoms with Crippen molar-refractivity contribution in [3.63, 3.8) is 0 Å². The van der Waals surface area contributed by atoms with Crippen LogP contribution in [0.15, 0.2) is 47.6 Å². The van der Waals surface area contributed by atoms with Crippen molar-refractivity contribution in [1.82, 2.24) is 10.7 Å². The van der Waals surface area contributed by atoms with Crippen molar-refractivity contribution < 1.29 is 19.1 Å². The third-order valence-electron chi connectivity index (χ3n) is 4.11. The summed E-state index contributed by atoms with van der Waals surface area (Å²) in [4.78, 5) is 35.3. The van der Waals surface area contributed by atoms with Crippen LogP contribution in [-0.2, 0) is 14.4 Å². The molecule has 0 aliphatic rings. The average Bonchev–Trinajstić information content (AvgIpc) is 2.69. The molecule has 0 spiro atoms. The first kappa shape index (κ1) is 22.6. The van der Waals surface area contributed by atoms with E-state index in [1.807, 2.05) is 32.0 Å². The zero-order chi connectivity index (χ0) is 22.1. The van der Waals surface area contributed by atoms with Crippen LogP contribution in [0.3, 0.4) is 0 Å². The van der Waals surface area contributed by atoms with Gasteiger partial charge in [-0.15, -0.1) is 0 Å². The van der Waals surface area contributed by atoms with E-state index in [9.17, 15) is 14.4 Å². The molecule has 158 valence electrons. The maximum Gasteiger partial charge on any atom is 0.329 e. The minimum atomic E-state index is -0.851. The molecule has 0 aliphatic carbocycles. The number of hydrogen-bond acceptors (Lipinski definition) is 5. The molecular weight excluding hydrogens is 384 g/mol. The lowest BCUT2D eigenvalue weighted by molar-refractivity contribution is -0.139. The first-order valence-electron chi connectivity index (χ1n) is 9.49. The second-order valence-electron chi connectivity index (χ2n) is 6.98. The summed E-state index contributed by atoms with van der Waals surface area (Å²) in [6, 6.07) is 12.4. The van der Waals surface area contributed by atoms with Crippen LogP contribution < -0.4 is 20.8 Å². The van der Waals surface area contributed by atoms with Crippen LogP contribution in [-0.4, -0.2) is 36.6 Å². The number of rotatable bonds is 7. The van der Waals surface area contributed by atoms with E-state index < -0.39 is 11.8 Å². The lowest BCUT2D eigenvalue weighted by Crippen LogP contribution is -2.41. The van der Waals surface area contributed by atoms with Crippen LogP contribution in [0.5, 0.6) is 5.75 Å². The van der Waals surface area contributed by atoms with Gasteiger partial charge in [0.05, 0.1) is 6.21 Å². The van der Waals surface area contributed by atoms with Crippen molar-refractivity contribution in [3.8, 4) is 5.75 Å². The summed E-state index contributed by atoms with van der Waals surface area (Å²) in [5.41, 5.74) is 5.64. The van der Waals surface area contributed by atoms with Gasteiger partial charge in [0.2, 0.25) is 0 Å². The van der Waals surface area contributed by atoms with Gasteiger partial charge in [-0.1, -0.05) is 24.3 Å². The van der Waals surface area contributed by atoms with Crippen molar-refractivity contribution in [3.05, 3.63) is 59.2 Å². The van der Waals surface area contributed by atoms with Crippen molar-refractivity contribution in [2.75, 3.05) is 11.9 Å². The highest BCUT2D eigenvalue weighted by atomic mass is 16.5. The largest absolute Gasteiger partial charge is 0.484 e. The van der Waals surface area contributed by atoms with Crippen LogP contribution in [0.4, 0.5) is 5.69 Å². The number of nitrogens with one attached hydrogen (secondary N) is 3. The lowest BCUT2D eigenvalue weighted by atomic mass is 10.1. The molecule has 2 aromatic rings. The number of hydrogen-bond donors (Lipinski definition) is 3. The standard InChI is InChI=1S/C22H26N4O4/c1-14(2)24-21(28)22(29)26-23-12-17-8-6-9-18(11-17)30-13-20(27)25-19-10-5-7-15(3)16(19)4/h5-12,14H,13H2,1-4H3,(H,24,28)(H,25,27)(H,26,29)/b23-12-. The Hall–Kier alpha value is -3.68. The van der Waals surface area contributed by atoms with Gasteiger partial charge in [0, 0.05) is 11.7 Å². The van der Waals surface area contributed by atoms with E-state index in [0.717, 1.165) is 16.8 Å². The monoisotopic (exact) mass is 410 g/mol. The average molecular weight is 410 g/mol. The van der Waals surface area contributed by atoms with Crippen LogP contribution in [0.1, 0.15) is 30.5 Å². The van der Waals surface area contributed by atoms with E-state index in [2.05, 4.69) is 21.2 Å². The van der Waals surface area contributed by atoms with Gasteiger partial charge in [-0.25, -0.2) is 5.43 Å². The number of anilines is 1. The van der Waals surface area contributed by atoms with E-state index >= 15 is 0 Å². The zero-order valence-electron chi connectivity index (χ0n) is 17.5. The molecule has 0 saturated carbocycles. The maximum absolute atomic E-state index is 12.2. The number of hydrazone groups is 1.